The minimum absolute atomic E-state index is 0.304. The van der Waals surface area contributed by atoms with Gasteiger partial charge in [0.15, 0.2) is 0 Å². The van der Waals surface area contributed by atoms with E-state index < -0.39 is 12.0 Å². The molecular weight excluding hydrogens is 430 g/mol. The molecule has 170 valence electrons. The molecule has 0 radical (unpaired) electrons. The Morgan fingerprint density at radius 2 is 1.74 bits per heavy atom. The van der Waals surface area contributed by atoms with Gasteiger partial charge in [-0.3, -0.25) is 9.69 Å². The van der Waals surface area contributed by atoms with Gasteiger partial charge in [-0.25, -0.2) is 4.79 Å². The topological polar surface area (TPSA) is 66.8 Å². The van der Waals surface area contributed by atoms with Crippen molar-refractivity contribution in [1.29, 1.82) is 0 Å². The third-order valence-electron chi connectivity index (χ3n) is 5.20. The van der Waals surface area contributed by atoms with Crippen LogP contribution in [0, 0.1) is 0 Å². The van der Waals surface area contributed by atoms with Crippen molar-refractivity contribution in [3.63, 3.8) is 0 Å². The number of ether oxygens (including phenoxy) is 1. The van der Waals surface area contributed by atoms with E-state index in [-0.39, 0.29) is 5.91 Å². The molecule has 1 aromatic rings. The Morgan fingerprint density at radius 1 is 1.10 bits per heavy atom. The number of hydrogen-bond donors (Lipinski definition) is 1. The zero-order chi connectivity index (χ0) is 22.6. The van der Waals surface area contributed by atoms with E-state index in [1.165, 1.54) is 37.0 Å². The third kappa shape index (κ3) is 7.96. The van der Waals surface area contributed by atoms with E-state index >= 15 is 0 Å². The first-order chi connectivity index (χ1) is 15.0. The van der Waals surface area contributed by atoms with E-state index in [9.17, 15) is 14.7 Å². The zero-order valence-corrected chi connectivity index (χ0v) is 20.1. The predicted molar refractivity (Wildman–Crippen MR) is 131 cm³/mol. The lowest BCUT2D eigenvalue weighted by molar-refractivity contribution is -0.145. The Labute approximate surface area is 195 Å². The van der Waals surface area contributed by atoms with E-state index in [0.717, 1.165) is 42.3 Å². The number of carbonyl (C=O) groups is 2. The molecule has 2 rings (SSSR count). The highest BCUT2D eigenvalue weighted by atomic mass is 32.2. The van der Waals surface area contributed by atoms with Gasteiger partial charge in [-0.2, -0.15) is 0 Å². The smallest absolute Gasteiger partial charge is 0.326 e. The molecule has 1 aliphatic heterocycles. The molecule has 1 atom stereocenters. The molecule has 31 heavy (non-hydrogen) atoms. The van der Waals surface area contributed by atoms with Gasteiger partial charge in [0.2, 0.25) is 0 Å². The summed E-state index contributed by atoms with van der Waals surface area (Å²) in [4.78, 5) is 26.2. The van der Waals surface area contributed by atoms with Crippen LogP contribution < -0.4 is 4.74 Å². The Hall–Kier alpha value is -1.86. The summed E-state index contributed by atoms with van der Waals surface area (Å²) in [6.45, 7) is 4.91. The molecule has 0 saturated carbocycles. The van der Waals surface area contributed by atoms with Gasteiger partial charge in [0.05, 0.1) is 11.5 Å². The number of unbranched alkanes of at least 4 members (excludes halogenated alkanes) is 6. The second kappa shape index (κ2) is 13.5. The van der Waals surface area contributed by atoms with Gasteiger partial charge in [0.1, 0.15) is 16.1 Å². The second-order valence-electron chi connectivity index (χ2n) is 7.73. The first-order valence-electron chi connectivity index (χ1n) is 11.2. The predicted octanol–water partition coefficient (Wildman–Crippen LogP) is 6.27. The van der Waals surface area contributed by atoms with Crippen LogP contribution in [0.25, 0.3) is 6.08 Å². The summed E-state index contributed by atoms with van der Waals surface area (Å²) in [7, 11) is 0. The summed E-state index contributed by atoms with van der Waals surface area (Å²) in [6, 6.07) is 6.68. The van der Waals surface area contributed by atoms with E-state index in [1.807, 2.05) is 31.2 Å². The quantitative estimate of drug-likeness (QED) is 0.199. The highest BCUT2D eigenvalue weighted by Crippen LogP contribution is 2.35. The van der Waals surface area contributed by atoms with E-state index in [4.69, 9.17) is 17.0 Å². The monoisotopic (exact) mass is 463 g/mol. The molecule has 1 fully saturated rings. The van der Waals surface area contributed by atoms with Gasteiger partial charge in [-0.05, 0) is 36.6 Å². The van der Waals surface area contributed by atoms with E-state index in [2.05, 4.69) is 6.92 Å². The number of aliphatic carboxylic acids is 1. The molecule has 1 N–H and O–H groups in total. The van der Waals surface area contributed by atoms with Gasteiger partial charge >= 0.3 is 5.97 Å². The minimum Gasteiger partial charge on any atom is -0.494 e. The maximum atomic E-state index is 12.8. The molecule has 7 heteroatoms. The largest absolute Gasteiger partial charge is 0.494 e. The fourth-order valence-electron chi connectivity index (χ4n) is 3.39. The molecule has 0 spiro atoms. The van der Waals surface area contributed by atoms with Crippen molar-refractivity contribution in [3.05, 3.63) is 34.7 Å². The standard InChI is InChI=1S/C24H33NO4S2/c1-3-5-7-8-9-10-16-29-19-14-12-18(13-15-19)17-21-22(26)25(24(30)31-21)20(23(27)28)11-6-4-2/h12-15,17,20H,3-11,16H2,1-2H3,(H,27,28)/b21-17+/t20-/m0/s1. The third-order valence-corrected chi connectivity index (χ3v) is 6.53. The normalized spacial score (nSPS) is 16.2. The Bertz CT molecular complexity index is 776. The summed E-state index contributed by atoms with van der Waals surface area (Å²) < 4.78 is 6.11. The molecule has 1 aliphatic rings. The lowest BCUT2D eigenvalue weighted by atomic mass is 10.1. The fraction of sp³-hybridized carbons (Fsp3) is 0.542. The zero-order valence-electron chi connectivity index (χ0n) is 18.5. The second-order valence-corrected chi connectivity index (χ2v) is 9.41. The number of thioether (sulfide) groups is 1. The van der Waals surface area contributed by atoms with Crippen molar-refractivity contribution in [1.82, 2.24) is 4.90 Å². The maximum Gasteiger partial charge on any atom is 0.326 e. The molecule has 0 aromatic heterocycles. The van der Waals surface area contributed by atoms with Crippen LogP contribution in [-0.2, 0) is 9.59 Å². The molecule has 5 nitrogen and oxygen atoms in total. The van der Waals surface area contributed by atoms with Crippen LogP contribution in [-0.4, -0.2) is 38.9 Å². The van der Waals surface area contributed by atoms with Gasteiger partial charge in [-0.15, -0.1) is 0 Å². The van der Waals surface area contributed by atoms with Gasteiger partial charge in [-0.1, -0.05) is 94.9 Å². The average molecular weight is 464 g/mol. The van der Waals surface area contributed by atoms with Crippen LogP contribution in [0.4, 0.5) is 0 Å². The maximum absolute atomic E-state index is 12.8. The minimum atomic E-state index is -1.02. The van der Waals surface area contributed by atoms with Gasteiger partial charge in [0, 0.05) is 0 Å². The number of thiocarbonyl (C=S) groups is 1. The van der Waals surface area contributed by atoms with Crippen molar-refractivity contribution >= 4 is 46.3 Å². The van der Waals surface area contributed by atoms with Crippen LogP contribution in [0.2, 0.25) is 0 Å². The number of nitrogens with zero attached hydrogens (tertiary/aromatic N) is 1. The number of benzene rings is 1. The number of carboxylic acid groups (broad SMARTS) is 1. The van der Waals surface area contributed by atoms with Crippen LogP contribution in [0.5, 0.6) is 5.75 Å². The highest BCUT2D eigenvalue weighted by molar-refractivity contribution is 8.26. The summed E-state index contributed by atoms with van der Waals surface area (Å²) in [6.07, 6.45) is 11.1. The summed E-state index contributed by atoms with van der Waals surface area (Å²) >= 11 is 6.47. The van der Waals surface area contributed by atoms with E-state index in [1.54, 1.807) is 6.08 Å². The lowest BCUT2D eigenvalue weighted by Crippen LogP contribution is -2.43. The van der Waals surface area contributed by atoms with Crippen LogP contribution >= 0.6 is 24.0 Å². The molecular formula is C24H33NO4S2. The van der Waals surface area contributed by atoms with Crippen molar-refractivity contribution in [3.8, 4) is 5.75 Å². The average Bonchev–Trinajstić information content (AvgIpc) is 3.02. The molecule has 1 saturated heterocycles. The van der Waals surface area contributed by atoms with Crippen LogP contribution in [0.15, 0.2) is 29.2 Å². The lowest BCUT2D eigenvalue weighted by Gasteiger charge is -2.22. The highest BCUT2D eigenvalue weighted by Gasteiger charge is 2.40. The molecule has 1 amide bonds. The molecule has 1 aromatic carbocycles. The SMILES string of the molecule is CCCCCCCCOc1ccc(/C=C2/SC(=S)N([C@@H](CCCC)C(=O)O)C2=O)cc1. The number of rotatable bonds is 14. The molecule has 0 unspecified atom stereocenters. The number of carbonyl (C=O) groups excluding carboxylic acids is 1. The van der Waals surface area contributed by atoms with Gasteiger partial charge < -0.3 is 9.84 Å². The summed E-state index contributed by atoms with van der Waals surface area (Å²) in [5, 5.41) is 9.55. The Balaban J connectivity index is 1.92. The first kappa shape index (κ1) is 25.4. The number of hydrogen-bond acceptors (Lipinski definition) is 5. The molecule has 0 aliphatic carbocycles. The van der Waals surface area contributed by atoms with Gasteiger partial charge in [0.25, 0.3) is 5.91 Å². The van der Waals surface area contributed by atoms with Crippen molar-refractivity contribution < 1.29 is 19.4 Å². The van der Waals surface area contributed by atoms with Crippen molar-refractivity contribution in [2.24, 2.45) is 0 Å². The van der Waals surface area contributed by atoms with Crippen LogP contribution in [0.1, 0.15) is 77.2 Å². The first-order valence-corrected chi connectivity index (χ1v) is 12.4. The van der Waals surface area contributed by atoms with Crippen molar-refractivity contribution in [2.45, 2.75) is 77.7 Å². The number of carboxylic acids is 1. The Kier molecular flexibility index (Phi) is 11.1. The van der Waals surface area contributed by atoms with E-state index in [0.29, 0.717) is 22.3 Å². The molecule has 0 bridgehead atoms. The van der Waals surface area contributed by atoms with Crippen molar-refractivity contribution in [2.75, 3.05) is 6.61 Å². The fourth-order valence-corrected chi connectivity index (χ4v) is 4.75. The Morgan fingerprint density at radius 3 is 2.39 bits per heavy atom. The number of amides is 1. The summed E-state index contributed by atoms with van der Waals surface area (Å²) in [5.74, 6) is -0.538. The molecule has 1 heterocycles. The summed E-state index contributed by atoms with van der Waals surface area (Å²) in [5.41, 5.74) is 0.854. The van der Waals surface area contributed by atoms with Crippen LogP contribution in [0.3, 0.4) is 0 Å².